The van der Waals surface area contributed by atoms with Gasteiger partial charge in [-0.2, -0.15) is 4.31 Å². The van der Waals surface area contributed by atoms with E-state index in [4.69, 9.17) is 0 Å². The summed E-state index contributed by atoms with van der Waals surface area (Å²) in [5.41, 5.74) is 0. The molecule has 1 N–H and O–H groups in total. The average Bonchev–Trinajstić information content (AvgIpc) is 2.99. The van der Waals surface area contributed by atoms with Crippen molar-refractivity contribution in [1.29, 1.82) is 0 Å². The second kappa shape index (κ2) is 5.67. The fourth-order valence-corrected chi connectivity index (χ4v) is 3.93. The predicted octanol–water partition coefficient (Wildman–Crippen LogP) is 0.832. The van der Waals surface area contributed by atoms with E-state index in [-0.39, 0.29) is 18.4 Å². The van der Waals surface area contributed by atoms with Crippen molar-refractivity contribution in [3.63, 3.8) is 0 Å². The van der Waals surface area contributed by atoms with E-state index >= 15 is 0 Å². The van der Waals surface area contributed by atoms with Gasteiger partial charge >= 0.3 is 0 Å². The zero-order valence-electron chi connectivity index (χ0n) is 9.68. The van der Waals surface area contributed by atoms with Crippen molar-refractivity contribution in [3.8, 4) is 0 Å². The quantitative estimate of drug-likeness (QED) is 0.822. The molecule has 1 aliphatic heterocycles. The molecule has 0 amide bonds. The lowest BCUT2D eigenvalue weighted by Crippen LogP contribution is -2.52. The zero-order valence-corrected chi connectivity index (χ0v) is 11.3. The molecule has 16 heavy (non-hydrogen) atoms. The summed E-state index contributed by atoms with van der Waals surface area (Å²) in [4.78, 5) is 0. The summed E-state index contributed by atoms with van der Waals surface area (Å²) in [5, 5.41) is 3.21. The second-order valence-corrected chi connectivity index (χ2v) is 6.75. The molecule has 4 nitrogen and oxygen atoms in total. The molecule has 0 bridgehead atoms. The van der Waals surface area contributed by atoms with Crippen molar-refractivity contribution in [2.24, 2.45) is 5.92 Å². The summed E-state index contributed by atoms with van der Waals surface area (Å²) < 4.78 is 25.7. The molecule has 1 saturated heterocycles. The number of sulfonamides is 1. The van der Waals surface area contributed by atoms with Crippen molar-refractivity contribution in [1.82, 2.24) is 9.62 Å². The van der Waals surface area contributed by atoms with Crippen LogP contribution in [0.5, 0.6) is 0 Å². The van der Waals surface area contributed by atoms with Crippen LogP contribution in [0.25, 0.3) is 0 Å². The molecule has 2 aliphatic rings. The van der Waals surface area contributed by atoms with Gasteiger partial charge in [-0.3, -0.25) is 0 Å². The standard InChI is InChI=1S/C10H20N2O2S.ClH/c1-9-8-11-5-6-12(9)15(13,14)7-4-10-2-3-10;/h9-11H,2-8H2,1H3;1H/t9-;/m0./s1. The highest BCUT2D eigenvalue weighted by Crippen LogP contribution is 2.33. The normalized spacial score (nSPS) is 27.4. The minimum atomic E-state index is -2.99. The van der Waals surface area contributed by atoms with Crippen LogP contribution in [0, 0.1) is 5.92 Å². The van der Waals surface area contributed by atoms with Gasteiger partial charge in [-0.05, 0) is 19.3 Å². The van der Waals surface area contributed by atoms with Gasteiger partial charge in [0.25, 0.3) is 0 Å². The van der Waals surface area contributed by atoms with Crippen molar-refractivity contribution in [2.45, 2.75) is 32.2 Å². The lowest BCUT2D eigenvalue weighted by atomic mass is 10.3. The summed E-state index contributed by atoms with van der Waals surface area (Å²) >= 11 is 0. The molecule has 0 unspecified atom stereocenters. The van der Waals surface area contributed by atoms with Crippen LogP contribution in [0.1, 0.15) is 26.2 Å². The molecule has 1 heterocycles. The van der Waals surface area contributed by atoms with Gasteiger partial charge in [0.05, 0.1) is 5.75 Å². The minimum absolute atomic E-state index is 0. The van der Waals surface area contributed by atoms with Gasteiger partial charge in [-0.25, -0.2) is 8.42 Å². The maximum absolute atomic E-state index is 12.0. The Hall–Kier alpha value is 0.160. The van der Waals surface area contributed by atoms with Crippen LogP contribution in [-0.4, -0.2) is 44.2 Å². The number of nitrogens with one attached hydrogen (secondary N) is 1. The van der Waals surface area contributed by atoms with Crippen molar-refractivity contribution in [3.05, 3.63) is 0 Å². The van der Waals surface area contributed by atoms with Crippen LogP contribution in [0.2, 0.25) is 0 Å². The van der Waals surface area contributed by atoms with E-state index in [0.717, 1.165) is 19.5 Å². The molecule has 2 rings (SSSR count). The van der Waals surface area contributed by atoms with Crippen LogP contribution < -0.4 is 5.32 Å². The van der Waals surface area contributed by atoms with Crippen molar-refractivity contribution >= 4 is 22.4 Å². The van der Waals surface area contributed by atoms with Gasteiger partial charge in [-0.15, -0.1) is 12.4 Å². The molecule has 0 aromatic heterocycles. The van der Waals surface area contributed by atoms with E-state index < -0.39 is 10.0 Å². The Kier molecular flexibility index (Phi) is 5.04. The highest BCUT2D eigenvalue weighted by atomic mass is 35.5. The summed E-state index contributed by atoms with van der Waals surface area (Å²) in [5.74, 6) is 1.04. The molecule has 0 radical (unpaired) electrons. The summed E-state index contributed by atoms with van der Waals surface area (Å²) in [6.45, 7) is 4.17. The van der Waals surface area contributed by atoms with Crippen molar-refractivity contribution < 1.29 is 8.42 Å². The van der Waals surface area contributed by atoms with Crippen LogP contribution in [-0.2, 0) is 10.0 Å². The van der Waals surface area contributed by atoms with Gasteiger partial charge in [0.1, 0.15) is 0 Å². The molecular formula is C10H21ClN2O2S. The lowest BCUT2D eigenvalue weighted by molar-refractivity contribution is 0.283. The Bertz CT molecular complexity index is 317. The summed E-state index contributed by atoms with van der Waals surface area (Å²) in [6, 6.07) is 0.114. The van der Waals surface area contributed by atoms with E-state index in [0.29, 0.717) is 18.2 Å². The second-order valence-electron chi connectivity index (χ2n) is 4.71. The van der Waals surface area contributed by atoms with E-state index in [1.165, 1.54) is 12.8 Å². The number of rotatable bonds is 4. The van der Waals surface area contributed by atoms with Crippen LogP contribution in [0.4, 0.5) is 0 Å². The number of hydrogen-bond donors (Lipinski definition) is 1. The van der Waals surface area contributed by atoms with Crippen LogP contribution in [0.15, 0.2) is 0 Å². The largest absolute Gasteiger partial charge is 0.314 e. The van der Waals surface area contributed by atoms with Gasteiger partial charge in [0, 0.05) is 25.7 Å². The first kappa shape index (κ1) is 14.2. The Labute approximate surface area is 104 Å². The minimum Gasteiger partial charge on any atom is -0.314 e. The molecule has 0 spiro atoms. The van der Waals surface area contributed by atoms with Crippen LogP contribution >= 0.6 is 12.4 Å². The molecule has 1 atom stereocenters. The van der Waals surface area contributed by atoms with E-state index in [1.54, 1.807) is 4.31 Å². The zero-order chi connectivity index (χ0) is 10.9. The third kappa shape index (κ3) is 3.58. The molecule has 6 heteroatoms. The number of piperazine rings is 1. The topological polar surface area (TPSA) is 49.4 Å². The van der Waals surface area contributed by atoms with E-state index in [2.05, 4.69) is 5.32 Å². The Balaban J connectivity index is 0.00000128. The average molecular weight is 269 g/mol. The predicted molar refractivity (Wildman–Crippen MR) is 67.4 cm³/mol. The Morgan fingerprint density at radius 3 is 2.62 bits per heavy atom. The molecule has 96 valence electrons. The third-order valence-corrected chi connectivity index (χ3v) is 5.29. The summed E-state index contributed by atoms with van der Waals surface area (Å²) in [6.07, 6.45) is 3.32. The van der Waals surface area contributed by atoms with Gasteiger partial charge in [-0.1, -0.05) is 12.8 Å². The van der Waals surface area contributed by atoms with Gasteiger partial charge in [0.2, 0.25) is 10.0 Å². The molecule has 1 aliphatic carbocycles. The molecular weight excluding hydrogens is 248 g/mol. The van der Waals surface area contributed by atoms with Crippen molar-refractivity contribution in [2.75, 3.05) is 25.4 Å². The van der Waals surface area contributed by atoms with Crippen LogP contribution in [0.3, 0.4) is 0 Å². The Morgan fingerprint density at radius 2 is 2.06 bits per heavy atom. The molecule has 0 aromatic carbocycles. The maximum atomic E-state index is 12.0. The third-order valence-electron chi connectivity index (χ3n) is 3.28. The first-order valence-corrected chi connectivity index (χ1v) is 7.41. The highest BCUT2D eigenvalue weighted by Gasteiger charge is 2.31. The van der Waals surface area contributed by atoms with Gasteiger partial charge in [0.15, 0.2) is 0 Å². The first-order chi connectivity index (χ1) is 7.09. The SMILES string of the molecule is C[C@H]1CNCCN1S(=O)(=O)CCC1CC1.Cl. The number of nitrogens with zero attached hydrogens (tertiary/aromatic N) is 1. The molecule has 2 fully saturated rings. The smallest absolute Gasteiger partial charge is 0.214 e. The fraction of sp³-hybridized carbons (Fsp3) is 1.00. The highest BCUT2D eigenvalue weighted by molar-refractivity contribution is 7.89. The molecule has 0 aromatic rings. The maximum Gasteiger partial charge on any atom is 0.214 e. The number of halogens is 1. The number of hydrogen-bond acceptors (Lipinski definition) is 3. The first-order valence-electron chi connectivity index (χ1n) is 5.80. The monoisotopic (exact) mass is 268 g/mol. The van der Waals surface area contributed by atoms with Gasteiger partial charge < -0.3 is 5.32 Å². The lowest BCUT2D eigenvalue weighted by Gasteiger charge is -2.32. The van der Waals surface area contributed by atoms with E-state index in [9.17, 15) is 8.42 Å². The fourth-order valence-electron chi connectivity index (χ4n) is 2.08. The van der Waals surface area contributed by atoms with E-state index in [1.807, 2.05) is 6.92 Å². The summed E-state index contributed by atoms with van der Waals surface area (Å²) in [7, 11) is -2.99. The Morgan fingerprint density at radius 1 is 1.38 bits per heavy atom. The molecule has 1 saturated carbocycles.